The number of nitrogens with zero attached hydrogens (tertiary/aromatic N) is 2. The van der Waals surface area contributed by atoms with Gasteiger partial charge in [-0.25, -0.2) is 0 Å². The first kappa shape index (κ1) is 12.3. The maximum Gasteiger partial charge on any atom is 0.166 e. The zero-order valence-electron chi connectivity index (χ0n) is 11.4. The van der Waals surface area contributed by atoms with Crippen molar-refractivity contribution in [3.05, 3.63) is 17.0 Å². The van der Waals surface area contributed by atoms with Crippen molar-refractivity contribution in [2.45, 2.75) is 46.5 Å². The lowest BCUT2D eigenvalue weighted by Gasteiger charge is -2.25. The fourth-order valence-electron chi connectivity index (χ4n) is 2.66. The minimum atomic E-state index is 0.293. The second-order valence-electron chi connectivity index (χ2n) is 5.82. The lowest BCUT2D eigenvalue weighted by atomic mass is 9.79. The third-order valence-corrected chi connectivity index (χ3v) is 3.86. The minimum absolute atomic E-state index is 0.293. The summed E-state index contributed by atoms with van der Waals surface area (Å²) in [4.78, 5) is 12.3. The SMILES string of the molecule is CC(C)c1nn(C)c2c1C(=O)CC(C(C)C)C2. The first-order valence-electron chi connectivity index (χ1n) is 6.50. The van der Waals surface area contributed by atoms with E-state index >= 15 is 0 Å². The van der Waals surface area contributed by atoms with E-state index in [1.54, 1.807) is 0 Å². The Balaban J connectivity index is 2.46. The Morgan fingerprint density at radius 3 is 2.41 bits per heavy atom. The summed E-state index contributed by atoms with van der Waals surface area (Å²) in [6.45, 7) is 8.60. The zero-order chi connectivity index (χ0) is 12.7. The van der Waals surface area contributed by atoms with Crippen LogP contribution in [0.25, 0.3) is 0 Å². The highest BCUT2D eigenvalue weighted by Crippen LogP contribution is 2.33. The molecular weight excluding hydrogens is 212 g/mol. The molecule has 1 heterocycles. The molecule has 0 aromatic carbocycles. The molecule has 0 saturated carbocycles. The number of hydrogen-bond donors (Lipinski definition) is 0. The largest absolute Gasteiger partial charge is 0.294 e. The highest BCUT2D eigenvalue weighted by atomic mass is 16.1. The van der Waals surface area contributed by atoms with Crippen LogP contribution < -0.4 is 0 Å². The molecule has 1 aliphatic rings. The van der Waals surface area contributed by atoms with Gasteiger partial charge in [0.15, 0.2) is 5.78 Å². The summed E-state index contributed by atoms with van der Waals surface area (Å²) >= 11 is 0. The molecule has 0 spiro atoms. The van der Waals surface area contributed by atoms with E-state index in [-0.39, 0.29) is 0 Å². The first-order chi connectivity index (χ1) is 7.91. The van der Waals surface area contributed by atoms with Crippen molar-refractivity contribution in [1.82, 2.24) is 9.78 Å². The fraction of sp³-hybridized carbons (Fsp3) is 0.714. The minimum Gasteiger partial charge on any atom is -0.294 e. The highest BCUT2D eigenvalue weighted by molar-refractivity contribution is 5.99. The van der Waals surface area contributed by atoms with Gasteiger partial charge in [-0.05, 0) is 24.2 Å². The average Bonchev–Trinajstić information content (AvgIpc) is 2.57. The number of hydrogen-bond acceptors (Lipinski definition) is 2. The monoisotopic (exact) mass is 234 g/mol. The molecular formula is C14H22N2O. The standard InChI is InChI=1S/C14H22N2O/c1-8(2)10-6-11-13(12(17)7-10)14(9(3)4)15-16(11)5/h8-10H,6-7H2,1-5H3. The van der Waals surface area contributed by atoms with Crippen LogP contribution in [0, 0.1) is 11.8 Å². The molecule has 17 heavy (non-hydrogen) atoms. The summed E-state index contributed by atoms with van der Waals surface area (Å²) in [6, 6.07) is 0. The van der Waals surface area contributed by atoms with Gasteiger partial charge >= 0.3 is 0 Å². The molecule has 3 nitrogen and oxygen atoms in total. The van der Waals surface area contributed by atoms with Gasteiger partial charge in [-0.15, -0.1) is 0 Å². The van der Waals surface area contributed by atoms with Crippen molar-refractivity contribution < 1.29 is 4.79 Å². The number of carbonyl (C=O) groups excluding carboxylic acids is 1. The third-order valence-electron chi connectivity index (χ3n) is 3.86. The number of carbonyl (C=O) groups is 1. The molecule has 2 rings (SSSR count). The molecule has 0 bridgehead atoms. The van der Waals surface area contributed by atoms with Crippen LogP contribution in [0.4, 0.5) is 0 Å². The summed E-state index contributed by atoms with van der Waals surface area (Å²) in [5, 5.41) is 4.53. The molecule has 94 valence electrons. The lowest BCUT2D eigenvalue weighted by molar-refractivity contribution is 0.0930. The van der Waals surface area contributed by atoms with Gasteiger partial charge in [-0.1, -0.05) is 27.7 Å². The van der Waals surface area contributed by atoms with E-state index in [4.69, 9.17) is 0 Å². The Morgan fingerprint density at radius 1 is 1.24 bits per heavy atom. The maximum atomic E-state index is 12.3. The number of rotatable bonds is 2. The molecule has 1 aliphatic carbocycles. The van der Waals surface area contributed by atoms with E-state index < -0.39 is 0 Å². The number of fused-ring (bicyclic) bond motifs is 1. The second kappa shape index (κ2) is 4.28. The van der Waals surface area contributed by atoms with Crippen molar-refractivity contribution in [1.29, 1.82) is 0 Å². The summed E-state index contributed by atoms with van der Waals surface area (Å²) in [6.07, 6.45) is 1.69. The molecule has 0 radical (unpaired) electrons. The third kappa shape index (κ3) is 2.03. The molecule has 1 unspecified atom stereocenters. The Kier molecular flexibility index (Phi) is 3.11. The predicted octanol–water partition coefficient (Wildman–Crippen LogP) is 2.94. The van der Waals surface area contributed by atoms with Crippen LogP contribution in [-0.2, 0) is 13.5 Å². The Bertz CT molecular complexity index is 443. The number of aryl methyl sites for hydroxylation is 1. The van der Waals surface area contributed by atoms with Crippen molar-refractivity contribution in [3.63, 3.8) is 0 Å². The summed E-state index contributed by atoms with van der Waals surface area (Å²) in [5.41, 5.74) is 3.04. The molecule has 1 atom stereocenters. The van der Waals surface area contributed by atoms with E-state index in [0.29, 0.717) is 30.0 Å². The van der Waals surface area contributed by atoms with Crippen LogP contribution in [0.3, 0.4) is 0 Å². The average molecular weight is 234 g/mol. The van der Waals surface area contributed by atoms with Crippen LogP contribution in [0.5, 0.6) is 0 Å². The van der Waals surface area contributed by atoms with E-state index in [1.165, 1.54) is 0 Å². The number of aromatic nitrogens is 2. The Hall–Kier alpha value is -1.12. The van der Waals surface area contributed by atoms with Crippen LogP contribution >= 0.6 is 0 Å². The number of ketones is 1. The van der Waals surface area contributed by atoms with Crippen molar-refractivity contribution in [2.75, 3.05) is 0 Å². The van der Waals surface area contributed by atoms with Gasteiger partial charge in [0.2, 0.25) is 0 Å². The van der Waals surface area contributed by atoms with Crippen molar-refractivity contribution in [2.24, 2.45) is 18.9 Å². The fourth-order valence-corrected chi connectivity index (χ4v) is 2.66. The van der Waals surface area contributed by atoms with Crippen LogP contribution in [0.1, 0.15) is 61.8 Å². The Morgan fingerprint density at radius 2 is 1.88 bits per heavy atom. The molecule has 0 amide bonds. The maximum absolute atomic E-state index is 12.3. The number of Topliss-reactive ketones (excluding diaryl/α,β-unsaturated/α-hetero) is 1. The van der Waals surface area contributed by atoms with Crippen molar-refractivity contribution >= 4 is 5.78 Å². The summed E-state index contributed by atoms with van der Waals surface area (Å²) in [5.74, 6) is 1.65. The topological polar surface area (TPSA) is 34.9 Å². The smallest absolute Gasteiger partial charge is 0.166 e. The van der Waals surface area contributed by atoms with Crippen LogP contribution in [0.2, 0.25) is 0 Å². The van der Waals surface area contributed by atoms with Gasteiger partial charge in [0.05, 0.1) is 11.3 Å². The zero-order valence-corrected chi connectivity index (χ0v) is 11.4. The quantitative estimate of drug-likeness (QED) is 0.788. The van der Waals surface area contributed by atoms with E-state index in [1.807, 2.05) is 11.7 Å². The summed E-state index contributed by atoms with van der Waals surface area (Å²) in [7, 11) is 1.96. The first-order valence-corrected chi connectivity index (χ1v) is 6.50. The van der Waals surface area contributed by atoms with E-state index in [2.05, 4.69) is 32.8 Å². The molecule has 1 aromatic heterocycles. The van der Waals surface area contributed by atoms with Gasteiger partial charge in [0.25, 0.3) is 0 Å². The lowest BCUT2D eigenvalue weighted by Crippen LogP contribution is -2.25. The van der Waals surface area contributed by atoms with Crippen LogP contribution in [0.15, 0.2) is 0 Å². The molecule has 0 aliphatic heterocycles. The molecule has 1 aromatic rings. The van der Waals surface area contributed by atoms with Gasteiger partial charge in [0.1, 0.15) is 0 Å². The highest BCUT2D eigenvalue weighted by Gasteiger charge is 2.33. The normalized spacial score (nSPS) is 20.2. The van der Waals surface area contributed by atoms with Crippen molar-refractivity contribution in [3.8, 4) is 0 Å². The van der Waals surface area contributed by atoms with Crippen LogP contribution in [-0.4, -0.2) is 15.6 Å². The molecule has 0 saturated heterocycles. The summed E-state index contributed by atoms with van der Waals surface area (Å²) < 4.78 is 1.91. The van der Waals surface area contributed by atoms with Gasteiger partial charge < -0.3 is 0 Å². The van der Waals surface area contributed by atoms with Gasteiger partial charge in [0, 0.05) is 19.2 Å². The second-order valence-corrected chi connectivity index (χ2v) is 5.82. The van der Waals surface area contributed by atoms with Gasteiger partial charge in [-0.2, -0.15) is 5.10 Å². The molecule has 0 fully saturated rings. The van der Waals surface area contributed by atoms with E-state index in [0.717, 1.165) is 23.4 Å². The molecule has 3 heteroatoms. The van der Waals surface area contributed by atoms with E-state index in [9.17, 15) is 4.79 Å². The Labute approximate surface area is 103 Å². The van der Waals surface area contributed by atoms with Gasteiger partial charge in [-0.3, -0.25) is 9.48 Å². The molecule has 0 N–H and O–H groups in total. The predicted molar refractivity (Wildman–Crippen MR) is 68.3 cm³/mol.